The van der Waals surface area contributed by atoms with E-state index in [2.05, 4.69) is 15.4 Å². The Labute approximate surface area is 153 Å². The second-order valence-electron chi connectivity index (χ2n) is 5.80. The van der Waals surface area contributed by atoms with Crippen LogP contribution in [-0.2, 0) is 11.3 Å². The molecule has 0 aliphatic rings. The van der Waals surface area contributed by atoms with Crippen LogP contribution in [-0.4, -0.2) is 21.3 Å². The lowest BCUT2D eigenvalue weighted by Crippen LogP contribution is -2.05. The minimum absolute atomic E-state index is 0.0277. The first-order valence-corrected chi connectivity index (χ1v) is 8.18. The smallest absolute Gasteiger partial charge is 0.356 e. The largest absolute Gasteiger partial charge is 0.454 e. The van der Waals surface area contributed by atoms with Crippen molar-refractivity contribution in [3.8, 4) is 22.6 Å². The van der Waals surface area contributed by atoms with Crippen molar-refractivity contribution in [1.29, 1.82) is 0 Å². The van der Waals surface area contributed by atoms with Gasteiger partial charge in [-0.25, -0.2) is 9.18 Å². The topological polar surface area (TPSA) is 81.0 Å². The number of esters is 1. The van der Waals surface area contributed by atoms with Gasteiger partial charge in [-0.15, -0.1) is 0 Å². The summed E-state index contributed by atoms with van der Waals surface area (Å²) in [6.45, 7) is -0.0277. The van der Waals surface area contributed by atoms with Crippen molar-refractivity contribution in [2.75, 3.05) is 0 Å². The number of rotatable bonds is 5. The number of hydrogen-bond donors (Lipinski definition) is 1. The Kier molecular flexibility index (Phi) is 4.49. The van der Waals surface area contributed by atoms with Crippen LogP contribution < -0.4 is 0 Å². The van der Waals surface area contributed by atoms with Crippen LogP contribution in [0.2, 0.25) is 0 Å². The Balaban J connectivity index is 1.40. The third kappa shape index (κ3) is 3.77. The molecule has 0 amide bonds. The van der Waals surface area contributed by atoms with E-state index in [1.165, 1.54) is 12.1 Å². The van der Waals surface area contributed by atoms with E-state index in [1.54, 1.807) is 24.3 Å². The van der Waals surface area contributed by atoms with Gasteiger partial charge >= 0.3 is 5.97 Å². The van der Waals surface area contributed by atoms with E-state index in [9.17, 15) is 9.18 Å². The van der Waals surface area contributed by atoms with E-state index in [-0.39, 0.29) is 18.1 Å². The summed E-state index contributed by atoms with van der Waals surface area (Å²) < 4.78 is 23.5. The van der Waals surface area contributed by atoms with Crippen LogP contribution >= 0.6 is 0 Å². The summed E-state index contributed by atoms with van der Waals surface area (Å²) >= 11 is 0. The maximum atomic E-state index is 13.0. The summed E-state index contributed by atoms with van der Waals surface area (Å²) in [7, 11) is 0. The van der Waals surface area contributed by atoms with Crippen LogP contribution in [0, 0.1) is 5.82 Å². The highest BCUT2D eigenvalue weighted by Crippen LogP contribution is 2.21. The highest BCUT2D eigenvalue weighted by molar-refractivity contribution is 5.88. The molecule has 4 rings (SSSR count). The first-order valence-electron chi connectivity index (χ1n) is 8.18. The van der Waals surface area contributed by atoms with Gasteiger partial charge in [-0.3, -0.25) is 5.10 Å². The molecule has 0 aliphatic heterocycles. The van der Waals surface area contributed by atoms with Crippen molar-refractivity contribution < 1.29 is 18.4 Å². The maximum absolute atomic E-state index is 13.0. The van der Waals surface area contributed by atoms with Crippen LogP contribution in [0.25, 0.3) is 22.6 Å². The number of carbonyl (C=O) groups is 1. The van der Waals surface area contributed by atoms with Crippen molar-refractivity contribution in [1.82, 2.24) is 15.4 Å². The lowest BCUT2D eigenvalue weighted by atomic mass is 10.1. The van der Waals surface area contributed by atoms with Gasteiger partial charge in [0.25, 0.3) is 0 Å². The number of H-pyrrole nitrogens is 1. The van der Waals surface area contributed by atoms with Crippen LogP contribution in [0.5, 0.6) is 0 Å². The standard InChI is InChI=1S/C20H14FN3O3/c21-15-8-6-13(7-9-15)17-11-18(23-22-17)20(25)26-12-16-10-19(27-24-16)14-4-2-1-3-5-14/h1-11H,12H2,(H,22,23). The Hall–Kier alpha value is -3.74. The fourth-order valence-corrected chi connectivity index (χ4v) is 2.53. The molecule has 2 heterocycles. The number of nitrogens with zero attached hydrogens (tertiary/aromatic N) is 2. The first-order chi connectivity index (χ1) is 13.2. The molecule has 0 aliphatic carbocycles. The number of carbonyl (C=O) groups excluding carboxylic acids is 1. The molecule has 0 unspecified atom stereocenters. The third-order valence-electron chi connectivity index (χ3n) is 3.91. The molecule has 134 valence electrons. The molecule has 0 fully saturated rings. The first kappa shape index (κ1) is 16.7. The molecule has 0 saturated heterocycles. The molecule has 2 aromatic carbocycles. The quantitative estimate of drug-likeness (QED) is 0.537. The highest BCUT2D eigenvalue weighted by Gasteiger charge is 2.14. The van der Waals surface area contributed by atoms with Crippen molar-refractivity contribution in [3.05, 3.63) is 83.9 Å². The molecule has 0 atom stereocenters. The summed E-state index contributed by atoms with van der Waals surface area (Å²) in [6, 6.07) is 18.6. The molecular weight excluding hydrogens is 349 g/mol. The zero-order valence-corrected chi connectivity index (χ0v) is 14.1. The van der Waals surface area contributed by atoms with Gasteiger partial charge in [-0.05, 0) is 30.3 Å². The molecule has 0 saturated carbocycles. The molecule has 2 aromatic heterocycles. The van der Waals surface area contributed by atoms with Crippen molar-refractivity contribution in [2.24, 2.45) is 0 Å². The Bertz CT molecular complexity index is 1060. The molecule has 0 spiro atoms. The Morgan fingerprint density at radius 3 is 2.59 bits per heavy atom. The van der Waals surface area contributed by atoms with Crippen molar-refractivity contribution in [3.63, 3.8) is 0 Å². The normalized spacial score (nSPS) is 10.7. The molecule has 0 radical (unpaired) electrons. The van der Waals surface area contributed by atoms with Crippen LogP contribution in [0.4, 0.5) is 4.39 Å². The number of ether oxygens (including phenoxy) is 1. The number of benzene rings is 2. The van der Waals surface area contributed by atoms with Gasteiger partial charge < -0.3 is 9.26 Å². The van der Waals surface area contributed by atoms with E-state index < -0.39 is 5.97 Å². The number of halogens is 1. The van der Waals surface area contributed by atoms with Gasteiger partial charge in [0.1, 0.15) is 23.8 Å². The number of hydrogen-bond acceptors (Lipinski definition) is 5. The van der Waals surface area contributed by atoms with Crippen LogP contribution in [0.15, 0.2) is 71.3 Å². The minimum atomic E-state index is -0.569. The zero-order chi connectivity index (χ0) is 18.6. The SMILES string of the molecule is O=C(OCc1cc(-c2ccccc2)on1)c1cc(-c2ccc(F)cc2)n[nH]1. The number of aromatic nitrogens is 3. The second kappa shape index (κ2) is 7.25. The van der Waals surface area contributed by atoms with Crippen LogP contribution in [0.3, 0.4) is 0 Å². The fourth-order valence-electron chi connectivity index (χ4n) is 2.53. The van der Waals surface area contributed by atoms with E-state index in [4.69, 9.17) is 9.26 Å². The highest BCUT2D eigenvalue weighted by atomic mass is 19.1. The summed E-state index contributed by atoms with van der Waals surface area (Å²) in [5.74, 6) is -0.307. The van der Waals surface area contributed by atoms with Gasteiger partial charge in [0.15, 0.2) is 5.76 Å². The summed E-state index contributed by atoms with van der Waals surface area (Å²) in [5, 5.41) is 10.6. The molecule has 1 N–H and O–H groups in total. The molecule has 7 heteroatoms. The Morgan fingerprint density at radius 2 is 1.81 bits per heavy atom. The fraction of sp³-hybridized carbons (Fsp3) is 0.0500. The Morgan fingerprint density at radius 1 is 1.04 bits per heavy atom. The van der Waals surface area contributed by atoms with E-state index in [0.29, 0.717) is 22.7 Å². The van der Waals surface area contributed by atoms with E-state index in [1.807, 2.05) is 30.3 Å². The summed E-state index contributed by atoms with van der Waals surface area (Å²) in [4.78, 5) is 12.2. The summed E-state index contributed by atoms with van der Waals surface area (Å²) in [5.41, 5.74) is 2.80. The van der Waals surface area contributed by atoms with E-state index >= 15 is 0 Å². The summed E-state index contributed by atoms with van der Waals surface area (Å²) in [6.07, 6.45) is 0. The monoisotopic (exact) mass is 363 g/mol. The van der Waals surface area contributed by atoms with E-state index in [0.717, 1.165) is 5.56 Å². The minimum Gasteiger partial charge on any atom is -0.454 e. The lowest BCUT2D eigenvalue weighted by molar-refractivity contribution is 0.0457. The lowest BCUT2D eigenvalue weighted by Gasteiger charge is -1.99. The maximum Gasteiger partial charge on any atom is 0.356 e. The van der Waals surface area contributed by atoms with Gasteiger partial charge in [-0.1, -0.05) is 35.5 Å². The second-order valence-corrected chi connectivity index (χ2v) is 5.80. The predicted octanol–water partition coefficient (Wildman–Crippen LogP) is 4.23. The molecule has 4 aromatic rings. The predicted molar refractivity (Wildman–Crippen MR) is 95.0 cm³/mol. The molecule has 27 heavy (non-hydrogen) atoms. The van der Waals surface area contributed by atoms with Gasteiger partial charge in [0, 0.05) is 17.2 Å². The molecule has 6 nitrogen and oxygen atoms in total. The van der Waals surface area contributed by atoms with Gasteiger partial charge in [0.05, 0.1) is 5.69 Å². The van der Waals surface area contributed by atoms with Crippen molar-refractivity contribution >= 4 is 5.97 Å². The average Bonchev–Trinajstić information content (AvgIpc) is 3.37. The molecular formula is C20H14FN3O3. The number of aromatic amines is 1. The molecule has 0 bridgehead atoms. The van der Waals surface area contributed by atoms with Crippen molar-refractivity contribution in [2.45, 2.75) is 6.61 Å². The van der Waals surface area contributed by atoms with Gasteiger partial charge in [0.2, 0.25) is 0 Å². The third-order valence-corrected chi connectivity index (χ3v) is 3.91. The number of nitrogens with one attached hydrogen (secondary N) is 1. The zero-order valence-electron chi connectivity index (χ0n) is 14.1. The average molecular weight is 363 g/mol. The van der Waals surface area contributed by atoms with Crippen LogP contribution in [0.1, 0.15) is 16.2 Å². The van der Waals surface area contributed by atoms with Gasteiger partial charge in [-0.2, -0.15) is 5.10 Å².